The first kappa shape index (κ1) is 24.7. The number of halogens is 2. The van der Waals surface area contributed by atoms with E-state index in [4.69, 9.17) is 65.7 Å². The third-order valence-electron chi connectivity index (χ3n) is 5.05. The SMILES string of the molecule is [B]C([B])(OP1(=O)OCc2ccccc2O1)[C@@]1(F)O[C@@]([B])(n2cc(Cl)c(=O)[nH]c2=S)[C@H](O)[C@@H]1O. The lowest BCUT2D eigenvalue weighted by Crippen LogP contribution is -2.60. The lowest BCUT2D eigenvalue weighted by atomic mass is 9.59. The van der Waals surface area contributed by atoms with Crippen molar-refractivity contribution >= 4 is 55.2 Å². The van der Waals surface area contributed by atoms with Gasteiger partial charge in [0.15, 0.2) is 4.77 Å². The van der Waals surface area contributed by atoms with Crippen LogP contribution in [0.1, 0.15) is 5.56 Å². The Labute approximate surface area is 199 Å². The van der Waals surface area contributed by atoms with E-state index in [2.05, 4.69) is 4.98 Å². The summed E-state index contributed by atoms with van der Waals surface area (Å²) in [4.78, 5) is 13.8. The number of alkyl halides is 1. The molecule has 4 rings (SSSR count). The van der Waals surface area contributed by atoms with Crippen LogP contribution in [0.5, 0.6) is 5.75 Å². The number of H-pyrrole nitrogens is 1. The smallest absolute Gasteiger partial charge is 0.404 e. The van der Waals surface area contributed by atoms with Crippen molar-refractivity contribution in [1.82, 2.24) is 9.55 Å². The molecule has 2 aromatic rings. The Morgan fingerprint density at radius 3 is 2.73 bits per heavy atom. The molecule has 0 aliphatic carbocycles. The Morgan fingerprint density at radius 1 is 1.36 bits per heavy atom. The summed E-state index contributed by atoms with van der Waals surface area (Å²) in [6, 6.07) is 6.32. The molecule has 1 aromatic heterocycles. The van der Waals surface area contributed by atoms with Crippen LogP contribution in [0.25, 0.3) is 0 Å². The maximum absolute atomic E-state index is 16.0. The van der Waals surface area contributed by atoms with Crippen LogP contribution < -0.4 is 10.1 Å². The standard InChI is InChI=1S/C16H12B3ClFN2O8PS/c17-15(23-5-8(20)12(26)22-13(23)33)11(25)10(24)14(21,30-15)16(18,19)31-32(27)28-6-7-3-1-2-4-9(7)29-32/h1-5,10-11,24-25H,6H2,(H,22,26,33)/t10-,11+,14-,15-,32?/m0/s1. The number of fused-ring (bicyclic) bond motifs is 1. The van der Waals surface area contributed by atoms with E-state index in [0.717, 1.165) is 6.20 Å². The fourth-order valence-corrected chi connectivity index (χ4v) is 5.08. The van der Waals surface area contributed by atoms with Crippen LogP contribution in [0, 0.1) is 4.77 Å². The maximum atomic E-state index is 16.0. The molecule has 10 nitrogen and oxygen atoms in total. The van der Waals surface area contributed by atoms with Crippen LogP contribution in [0.3, 0.4) is 0 Å². The van der Waals surface area contributed by atoms with Crippen LogP contribution >= 0.6 is 31.6 Å². The Hall–Kier alpha value is -1.44. The number of phosphoric ester groups is 1. The minimum Gasteiger partial charge on any atom is -0.404 e. The zero-order valence-electron chi connectivity index (χ0n) is 16.4. The van der Waals surface area contributed by atoms with Gasteiger partial charge in [-0.3, -0.25) is 18.8 Å². The molecular formula is C16H12B3ClFN2O8PS. The van der Waals surface area contributed by atoms with Crippen molar-refractivity contribution in [1.29, 1.82) is 0 Å². The van der Waals surface area contributed by atoms with Gasteiger partial charge < -0.3 is 24.0 Å². The number of hydrogen-bond donors (Lipinski definition) is 3. The fraction of sp³-hybridized carbons (Fsp3) is 0.375. The number of ether oxygens (including phenoxy) is 1. The molecule has 33 heavy (non-hydrogen) atoms. The van der Waals surface area contributed by atoms with Crippen molar-refractivity contribution in [3.05, 3.63) is 56.2 Å². The predicted octanol–water partition coefficient (Wildman–Crippen LogP) is 0.481. The monoisotopic (exact) mass is 510 g/mol. The van der Waals surface area contributed by atoms with Crippen LogP contribution in [0.15, 0.2) is 35.3 Å². The molecule has 1 fully saturated rings. The highest BCUT2D eigenvalue weighted by atomic mass is 35.5. The Kier molecular flexibility index (Phi) is 6.03. The maximum Gasteiger partial charge on any atom is 0.529 e. The summed E-state index contributed by atoms with van der Waals surface area (Å²) in [7, 11) is 12.8. The average Bonchev–Trinajstić information content (AvgIpc) is 2.91. The van der Waals surface area contributed by atoms with Gasteiger partial charge >= 0.3 is 7.82 Å². The number of aromatic amines is 1. The first-order chi connectivity index (χ1) is 15.2. The third-order valence-corrected chi connectivity index (χ3v) is 7.01. The normalized spacial score (nSPS) is 33.9. The number of nitrogens with zero attached hydrogens (tertiary/aromatic N) is 1. The average molecular weight is 510 g/mol. The lowest BCUT2D eigenvalue weighted by molar-refractivity contribution is -0.240. The molecule has 5 atom stereocenters. The van der Waals surface area contributed by atoms with E-state index >= 15 is 4.39 Å². The summed E-state index contributed by atoms with van der Waals surface area (Å²) < 4.78 is 49.4. The molecule has 1 aromatic carbocycles. The van der Waals surface area contributed by atoms with Crippen molar-refractivity contribution < 1.29 is 37.5 Å². The van der Waals surface area contributed by atoms with Crippen molar-refractivity contribution in [3.8, 4) is 5.75 Å². The van der Waals surface area contributed by atoms with E-state index < -0.39 is 52.3 Å². The molecule has 17 heteroatoms. The fourth-order valence-electron chi connectivity index (χ4n) is 3.30. The second kappa shape index (κ2) is 8.06. The van der Waals surface area contributed by atoms with Crippen molar-refractivity contribution in [2.75, 3.05) is 0 Å². The van der Waals surface area contributed by atoms with E-state index in [1.807, 2.05) is 0 Å². The Balaban J connectivity index is 1.68. The minimum absolute atomic E-state index is 0.103. The molecule has 3 heterocycles. The van der Waals surface area contributed by atoms with Crippen LogP contribution in [-0.2, 0) is 30.6 Å². The zero-order valence-corrected chi connectivity index (χ0v) is 18.8. The number of rotatable bonds is 4. The predicted molar refractivity (Wildman–Crippen MR) is 116 cm³/mol. The highest BCUT2D eigenvalue weighted by Gasteiger charge is 2.68. The molecular weight excluding hydrogens is 498 g/mol. The van der Waals surface area contributed by atoms with Crippen molar-refractivity contribution in [2.45, 2.75) is 35.7 Å². The van der Waals surface area contributed by atoms with Crippen LogP contribution in [-0.4, -0.2) is 66.8 Å². The molecule has 1 unspecified atom stereocenters. The van der Waals surface area contributed by atoms with Gasteiger partial charge in [-0.1, -0.05) is 29.8 Å². The molecule has 2 aliphatic rings. The van der Waals surface area contributed by atoms with Gasteiger partial charge in [-0.05, 0) is 18.3 Å². The topological polar surface area (TPSA) is 132 Å². The Morgan fingerprint density at radius 2 is 2.03 bits per heavy atom. The number of para-hydroxylation sites is 1. The molecule has 0 amide bonds. The lowest BCUT2D eigenvalue weighted by Gasteiger charge is -2.42. The number of aliphatic hydroxyl groups is 2. The van der Waals surface area contributed by atoms with Crippen molar-refractivity contribution in [2.24, 2.45) is 0 Å². The van der Waals surface area contributed by atoms with Gasteiger partial charge in [-0.2, -0.15) is 0 Å². The van der Waals surface area contributed by atoms with E-state index in [9.17, 15) is 19.6 Å². The summed E-state index contributed by atoms with van der Waals surface area (Å²) in [6.07, 6.45) is -4.03. The summed E-state index contributed by atoms with van der Waals surface area (Å²) in [5.74, 6) is -3.61. The van der Waals surface area contributed by atoms with E-state index in [1.54, 1.807) is 18.2 Å². The molecule has 1 saturated heterocycles. The summed E-state index contributed by atoms with van der Waals surface area (Å²) in [5, 5.41) is 17.2. The summed E-state index contributed by atoms with van der Waals surface area (Å²) >= 11 is 10.7. The molecule has 168 valence electrons. The first-order valence-electron chi connectivity index (χ1n) is 9.09. The number of nitrogens with one attached hydrogen (secondary N) is 1. The van der Waals surface area contributed by atoms with Gasteiger partial charge in [0.1, 0.15) is 52.1 Å². The molecule has 2 aliphatic heterocycles. The number of aromatic nitrogens is 2. The van der Waals surface area contributed by atoms with Crippen LogP contribution in [0.2, 0.25) is 5.02 Å². The van der Waals surface area contributed by atoms with Gasteiger partial charge in [-0.25, -0.2) is 8.96 Å². The molecule has 0 bridgehead atoms. The number of aliphatic hydroxyl groups excluding tert-OH is 2. The number of hydrogen-bond acceptors (Lipinski definition) is 9. The number of benzene rings is 1. The third kappa shape index (κ3) is 3.94. The Bertz CT molecular complexity index is 1280. The number of phosphoric acid groups is 1. The van der Waals surface area contributed by atoms with Gasteiger partial charge in [0.2, 0.25) is 0 Å². The largest absolute Gasteiger partial charge is 0.529 e. The van der Waals surface area contributed by atoms with Gasteiger partial charge in [-0.15, -0.1) is 0 Å². The van der Waals surface area contributed by atoms with Crippen LogP contribution in [0.4, 0.5) is 4.39 Å². The minimum atomic E-state index is -4.65. The summed E-state index contributed by atoms with van der Waals surface area (Å²) in [6.45, 7) is -0.249. The second-order valence-electron chi connectivity index (χ2n) is 7.30. The molecule has 0 saturated carbocycles. The van der Waals surface area contributed by atoms with Crippen molar-refractivity contribution in [3.63, 3.8) is 0 Å². The van der Waals surface area contributed by atoms with E-state index in [1.165, 1.54) is 6.07 Å². The second-order valence-corrected chi connectivity index (χ2v) is 9.61. The van der Waals surface area contributed by atoms with Gasteiger partial charge in [0.05, 0.1) is 12.0 Å². The quantitative estimate of drug-likeness (QED) is 0.305. The van der Waals surface area contributed by atoms with E-state index in [0.29, 0.717) is 10.1 Å². The highest BCUT2D eigenvalue weighted by molar-refractivity contribution is 7.71. The first-order valence-corrected chi connectivity index (χ1v) is 11.3. The molecule has 0 spiro atoms. The van der Waals surface area contributed by atoms with E-state index in [-0.39, 0.29) is 12.4 Å². The highest BCUT2D eigenvalue weighted by Crippen LogP contribution is 2.59. The van der Waals surface area contributed by atoms with Gasteiger partial charge in [0.25, 0.3) is 11.4 Å². The molecule has 6 radical (unpaired) electrons. The van der Waals surface area contributed by atoms with Gasteiger partial charge in [0, 0.05) is 11.8 Å². The molecule has 3 N–H and O–H groups in total. The summed E-state index contributed by atoms with van der Waals surface area (Å²) in [5.41, 5.74) is -2.98. The zero-order chi connectivity index (χ0) is 24.4.